The molecular formula is C22H29BrN6O2. The number of nitrogen functional groups attached to an aromatic ring is 1. The second kappa shape index (κ2) is 9.55. The predicted molar refractivity (Wildman–Crippen MR) is 128 cm³/mol. The SMILES string of the molecule is C=C(Nc1cnccc1N1CCC[C@H](NC(=O)OC(C)(C)C)C1)c1nc(Br)ccc1N. The molecule has 166 valence electrons. The molecule has 8 nitrogen and oxygen atoms in total. The Morgan fingerprint density at radius 3 is 2.87 bits per heavy atom. The fourth-order valence-corrected chi connectivity index (χ4v) is 3.77. The van der Waals surface area contributed by atoms with Crippen LogP contribution in [0.1, 0.15) is 39.3 Å². The van der Waals surface area contributed by atoms with Crippen molar-refractivity contribution in [3.63, 3.8) is 0 Å². The van der Waals surface area contributed by atoms with Gasteiger partial charge in [-0.2, -0.15) is 0 Å². The Kier molecular flexibility index (Phi) is 7.04. The van der Waals surface area contributed by atoms with Crippen molar-refractivity contribution in [3.05, 3.63) is 47.5 Å². The minimum atomic E-state index is -0.525. The number of aromatic nitrogens is 2. The van der Waals surface area contributed by atoms with Gasteiger partial charge in [0.25, 0.3) is 0 Å². The van der Waals surface area contributed by atoms with Gasteiger partial charge in [0.05, 0.1) is 29.0 Å². The summed E-state index contributed by atoms with van der Waals surface area (Å²) in [5, 5.41) is 6.29. The zero-order valence-electron chi connectivity index (χ0n) is 18.1. The number of nitrogens with zero attached hydrogens (tertiary/aromatic N) is 3. The van der Waals surface area contributed by atoms with E-state index in [0.29, 0.717) is 28.2 Å². The molecule has 1 aliphatic heterocycles. The lowest BCUT2D eigenvalue weighted by atomic mass is 10.0. The van der Waals surface area contributed by atoms with Crippen LogP contribution >= 0.6 is 15.9 Å². The Bertz CT molecular complexity index is 959. The van der Waals surface area contributed by atoms with Crippen molar-refractivity contribution in [2.24, 2.45) is 0 Å². The number of nitrogens with two attached hydrogens (primary N) is 1. The second-order valence-electron chi connectivity index (χ2n) is 8.50. The molecule has 1 fully saturated rings. The van der Waals surface area contributed by atoms with E-state index in [9.17, 15) is 4.79 Å². The number of carbonyl (C=O) groups excluding carboxylic acids is 1. The van der Waals surface area contributed by atoms with E-state index in [1.54, 1.807) is 24.5 Å². The molecule has 0 unspecified atom stereocenters. The average Bonchev–Trinajstić information content (AvgIpc) is 2.69. The van der Waals surface area contributed by atoms with Gasteiger partial charge in [-0.15, -0.1) is 0 Å². The van der Waals surface area contributed by atoms with Gasteiger partial charge < -0.3 is 26.0 Å². The third kappa shape index (κ3) is 6.33. The largest absolute Gasteiger partial charge is 0.444 e. The summed E-state index contributed by atoms with van der Waals surface area (Å²) in [4.78, 5) is 23.1. The summed E-state index contributed by atoms with van der Waals surface area (Å²) < 4.78 is 6.08. The first-order valence-corrected chi connectivity index (χ1v) is 11.0. The summed E-state index contributed by atoms with van der Waals surface area (Å²) in [6, 6.07) is 5.51. The van der Waals surface area contributed by atoms with Gasteiger partial charge in [-0.1, -0.05) is 6.58 Å². The van der Waals surface area contributed by atoms with Gasteiger partial charge in [0, 0.05) is 25.3 Å². The van der Waals surface area contributed by atoms with Crippen molar-refractivity contribution in [2.45, 2.75) is 45.3 Å². The highest BCUT2D eigenvalue weighted by atomic mass is 79.9. The Labute approximate surface area is 191 Å². The van der Waals surface area contributed by atoms with E-state index in [1.807, 2.05) is 26.8 Å². The number of halogens is 1. The first-order chi connectivity index (χ1) is 14.6. The number of piperidine rings is 1. The highest BCUT2D eigenvalue weighted by Gasteiger charge is 2.25. The number of hydrogen-bond donors (Lipinski definition) is 3. The summed E-state index contributed by atoms with van der Waals surface area (Å²) in [6.07, 6.45) is 4.95. The number of pyridine rings is 2. The Morgan fingerprint density at radius 2 is 2.13 bits per heavy atom. The normalized spacial score (nSPS) is 16.5. The fourth-order valence-electron chi connectivity index (χ4n) is 3.46. The van der Waals surface area contributed by atoms with E-state index in [2.05, 4.69) is 48.0 Å². The lowest BCUT2D eigenvalue weighted by Gasteiger charge is -2.36. The molecular weight excluding hydrogens is 460 g/mol. The molecule has 3 rings (SSSR count). The topological polar surface area (TPSA) is 105 Å². The Morgan fingerprint density at radius 1 is 1.35 bits per heavy atom. The maximum absolute atomic E-state index is 12.2. The van der Waals surface area contributed by atoms with E-state index in [4.69, 9.17) is 10.5 Å². The van der Waals surface area contributed by atoms with Crippen LogP contribution in [0.25, 0.3) is 5.70 Å². The zero-order valence-corrected chi connectivity index (χ0v) is 19.7. The quantitative estimate of drug-likeness (QED) is 0.535. The maximum atomic E-state index is 12.2. The lowest BCUT2D eigenvalue weighted by Crippen LogP contribution is -2.49. The molecule has 2 aromatic rings. The van der Waals surface area contributed by atoms with Gasteiger partial charge in [-0.3, -0.25) is 4.98 Å². The molecule has 1 amide bonds. The van der Waals surface area contributed by atoms with E-state index >= 15 is 0 Å². The standard InChI is InChI=1S/C22H29BrN6O2/c1-14(20-16(24)7-8-19(23)28-20)26-17-12-25-10-9-18(17)29-11-5-6-15(13-29)27-21(30)31-22(2,3)4/h7-10,12,15,26H,1,5-6,11,13,24H2,2-4H3,(H,27,30)/t15-/m0/s1. The van der Waals surface area contributed by atoms with Crippen LogP contribution in [0.15, 0.2) is 41.8 Å². The molecule has 4 N–H and O–H groups in total. The molecule has 0 aliphatic carbocycles. The molecule has 1 atom stereocenters. The molecule has 0 radical (unpaired) electrons. The second-order valence-corrected chi connectivity index (χ2v) is 9.31. The minimum Gasteiger partial charge on any atom is -0.444 e. The molecule has 0 aromatic carbocycles. The van der Waals surface area contributed by atoms with E-state index in [0.717, 1.165) is 30.8 Å². The Hall–Kier alpha value is -2.81. The number of hydrogen-bond acceptors (Lipinski definition) is 7. The van der Waals surface area contributed by atoms with Crippen LogP contribution in [0.4, 0.5) is 21.9 Å². The number of nitrogens with one attached hydrogen (secondary N) is 2. The summed E-state index contributed by atoms with van der Waals surface area (Å²) >= 11 is 3.37. The average molecular weight is 489 g/mol. The molecule has 3 heterocycles. The zero-order chi connectivity index (χ0) is 22.6. The first-order valence-electron chi connectivity index (χ1n) is 10.2. The molecule has 1 aliphatic rings. The number of anilines is 3. The van der Waals surface area contributed by atoms with E-state index < -0.39 is 11.7 Å². The van der Waals surface area contributed by atoms with Crippen molar-refractivity contribution in [3.8, 4) is 0 Å². The van der Waals surface area contributed by atoms with Crippen molar-refractivity contribution in [1.29, 1.82) is 0 Å². The summed E-state index contributed by atoms with van der Waals surface area (Å²) in [5.41, 5.74) is 9.00. The maximum Gasteiger partial charge on any atom is 0.407 e. The number of alkyl carbamates (subject to hydrolysis) is 1. The Balaban J connectivity index is 1.73. The number of amides is 1. The smallest absolute Gasteiger partial charge is 0.407 e. The van der Waals surface area contributed by atoms with Gasteiger partial charge in [0.15, 0.2) is 0 Å². The van der Waals surface area contributed by atoms with Gasteiger partial charge in [0.2, 0.25) is 0 Å². The lowest BCUT2D eigenvalue weighted by molar-refractivity contribution is 0.0500. The van der Waals surface area contributed by atoms with Crippen LogP contribution in [0, 0.1) is 0 Å². The third-order valence-electron chi connectivity index (χ3n) is 4.74. The van der Waals surface area contributed by atoms with Crippen LogP contribution < -0.4 is 21.3 Å². The van der Waals surface area contributed by atoms with Crippen molar-refractivity contribution >= 4 is 44.8 Å². The number of ether oxygens (including phenoxy) is 1. The highest BCUT2D eigenvalue weighted by Crippen LogP contribution is 2.31. The molecule has 0 bridgehead atoms. The molecule has 9 heteroatoms. The number of carbonyl (C=O) groups is 1. The van der Waals surface area contributed by atoms with Crippen LogP contribution in [-0.4, -0.2) is 40.8 Å². The summed E-state index contributed by atoms with van der Waals surface area (Å²) in [6.45, 7) is 11.2. The number of rotatable bonds is 5. The fraction of sp³-hybridized carbons (Fsp3) is 0.409. The van der Waals surface area contributed by atoms with E-state index in [1.165, 1.54) is 0 Å². The highest BCUT2D eigenvalue weighted by molar-refractivity contribution is 9.10. The van der Waals surface area contributed by atoms with Crippen LogP contribution in [0.5, 0.6) is 0 Å². The predicted octanol–water partition coefficient (Wildman–Crippen LogP) is 4.40. The molecule has 0 spiro atoms. The van der Waals surface area contributed by atoms with Crippen LogP contribution in [0.2, 0.25) is 0 Å². The minimum absolute atomic E-state index is 0.00444. The van der Waals surface area contributed by atoms with Crippen molar-refractivity contribution < 1.29 is 9.53 Å². The summed E-state index contributed by atoms with van der Waals surface area (Å²) in [7, 11) is 0. The molecule has 1 saturated heterocycles. The van der Waals surface area contributed by atoms with Crippen molar-refractivity contribution in [1.82, 2.24) is 15.3 Å². The van der Waals surface area contributed by atoms with Gasteiger partial charge >= 0.3 is 6.09 Å². The van der Waals surface area contributed by atoms with Gasteiger partial charge in [-0.25, -0.2) is 9.78 Å². The monoisotopic (exact) mass is 488 g/mol. The van der Waals surface area contributed by atoms with Gasteiger partial charge in [0.1, 0.15) is 15.9 Å². The molecule has 0 saturated carbocycles. The van der Waals surface area contributed by atoms with Crippen LogP contribution in [-0.2, 0) is 4.74 Å². The molecule has 2 aromatic heterocycles. The summed E-state index contributed by atoms with van der Waals surface area (Å²) in [5.74, 6) is 0. The molecule has 31 heavy (non-hydrogen) atoms. The third-order valence-corrected chi connectivity index (χ3v) is 5.19. The van der Waals surface area contributed by atoms with Gasteiger partial charge in [-0.05, 0) is 67.7 Å². The van der Waals surface area contributed by atoms with Crippen LogP contribution in [0.3, 0.4) is 0 Å². The van der Waals surface area contributed by atoms with E-state index in [-0.39, 0.29) is 6.04 Å². The first kappa shape index (κ1) is 22.9. The van der Waals surface area contributed by atoms with Crippen molar-refractivity contribution in [2.75, 3.05) is 29.0 Å².